The third kappa shape index (κ3) is 25.5. The number of phenolic OH excluding ortho intramolecular Hbond substituents is 2. The quantitative estimate of drug-likeness (QED) is 0.0263. The average molecular weight is 1250 g/mol. The maximum absolute atomic E-state index is 12.1. The van der Waals surface area contributed by atoms with Crippen molar-refractivity contribution >= 4 is 31.8 Å². The fraction of sp³-hybridized carbons (Fsp3) is 0.394. The molecule has 22 heteroatoms. The Labute approximate surface area is 517 Å². The van der Waals surface area contributed by atoms with Gasteiger partial charge in [-0.25, -0.2) is 14.4 Å². The number of carbonyl (C=O) groups excluding carboxylic acids is 3. The number of rotatable bonds is 23. The highest BCUT2D eigenvalue weighted by molar-refractivity contribution is 7.53. The van der Waals surface area contributed by atoms with E-state index in [1.165, 1.54) is 28.4 Å². The van der Waals surface area contributed by atoms with E-state index in [1.807, 2.05) is 82.3 Å². The van der Waals surface area contributed by atoms with Crippen molar-refractivity contribution < 1.29 is 101 Å². The SMILES string of the molecule is CCOP(=O)(Cc1ccccc1)OCC.COC(=O)c1cc(OC)c(C(C)C)c(OC)c1.COC(=O)c1cc(OC)cc(OC)c1.COc1cc(CC=O)cc(OC)c1C(C)C.COc1cc(CO)cc(OC)c1C(C)C.O=C(O)c1cc(O)cc(O)c1. The second-order valence-corrected chi connectivity index (χ2v) is 21.4. The van der Waals surface area contributed by atoms with Crippen LogP contribution in [0, 0.1) is 0 Å². The summed E-state index contributed by atoms with van der Waals surface area (Å²) in [6.07, 6.45) is 1.60. The molecule has 0 saturated heterocycles. The van der Waals surface area contributed by atoms with E-state index in [9.17, 15) is 23.7 Å². The zero-order chi connectivity index (χ0) is 66.7. The van der Waals surface area contributed by atoms with Gasteiger partial charge in [0.2, 0.25) is 0 Å². The summed E-state index contributed by atoms with van der Waals surface area (Å²) < 4.78 is 73.7. The molecule has 0 radical (unpaired) electrons. The number of aromatic hydroxyl groups is 2. The predicted octanol–water partition coefficient (Wildman–Crippen LogP) is 13.2. The first-order valence-corrected chi connectivity index (χ1v) is 29.4. The molecule has 4 N–H and O–H groups in total. The van der Waals surface area contributed by atoms with Gasteiger partial charge in [0.05, 0.1) is 114 Å². The molecule has 0 aliphatic carbocycles. The molecule has 0 fully saturated rings. The number of benzene rings is 6. The van der Waals surface area contributed by atoms with Crippen LogP contribution in [0.1, 0.15) is 138 Å². The molecule has 0 spiro atoms. The van der Waals surface area contributed by atoms with E-state index in [2.05, 4.69) is 37.2 Å². The number of hydrogen-bond acceptors (Lipinski definition) is 20. The van der Waals surface area contributed by atoms with E-state index >= 15 is 0 Å². The lowest BCUT2D eigenvalue weighted by molar-refractivity contribution is -0.107. The summed E-state index contributed by atoms with van der Waals surface area (Å²) in [5.74, 6) is 3.86. The third-order valence-electron chi connectivity index (χ3n) is 12.2. The van der Waals surface area contributed by atoms with Crippen molar-refractivity contribution in [2.75, 3.05) is 84.3 Å². The van der Waals surface area contributed by atoms with E-state index < -0.39 is 25.5 Å². The minimum atomic E-state index is -2.94. The van der Waals surface area contributed by atoms with Crippen molar-refractivity contribution in [2.45, 2.75) is 92.3 Å². The molecule has 88 heavy (non-hydrogen) atoms. The highest BCUT2D eigenvalue weighted by Gasteiger charge is 2.24. The third-order valence-corrected chi connectivity index (χ3v) is 14.3. The lowest BCUT2D eigenvalue weighted by atomic mass is 9.98. The first-order valence-electron chi connectivity index (χ1n) is 27.7. The Morgan fingerprint density at radius 3 is 1.11 bits per heavy atom. The molecule has 0 atom stereocenters. The fourth-order valence-corrected chi connectivity index (χ4v) is 9.97. The van der Waals surface area contributed by atoms with Gasteiger partial charge in [0.1, 0.15) is 63.8 Å². The first kappa shape index (κ1) is 77.5. The lowest BCUT2D eigenvalue weighted by Gasteiger charge is -2.17. The predicted molar refractivity (Wildman–Crippen MR) is 337 cm³/mol. The molecule has 0 aromatic heterocycles. The van der Waals surface area contributed by atoms with Crippen LogP contribution in [-0.2, 0) is 47.1 Å². The average Bonchev–Trinajstić information content (AvgIpc) is 3.22. The number of phenols is 2. The molecule has 0 saturated carbocycles. The maximum Gasteiger partial charge on any atom is 0.338 e. The Kier molecular flexibility index (Phi) is 35.9. The summed E-state index contributed by atoms with van der Waals surface area (Å²) in [7, 11) is 12.4. The molecule has 484 valence electrons. The molecule has 6 aromatic rings. The number of aliphatic hydroxyl groups is 1. The molecule has 0 aliphatic rings. The number of ether oxygens (including phenoxy) is 10. The van der Waals surface area contributed by atoms with Crippen LogP contribution in [0.3, 0.4) is 0 Å². The van der Waals surface area contributed by atoms with Crippen molar-refractivity contribution in [3.8, 4) is 57.5 Å². The minimum Gasteiger partial charge on any atom is -0.508 e. The van der Waals surface area contributed by atoms with Crippen LogP contribution in [0.5, 0.6) is 57.5 Å². The van der Waals surface area contributed by atoms with Gasteiger partial charge in [0.15, 0.2) is 0 Å². The summed E-state index contributed by atoms with van der Waals surface area (Å²) in [6.45, 7) is 16.8. The van der Waals surface area contributed by atoms with Gasteiger partial charge in [-0.2, -0.15) is 0 Å². The number of carbonyl (C=O) groups is 4. The van der Waals surface area contributed by atoms with Crippen LogP contribution in [0.4, 0.5) is 0 Å². The van der Waals surface area contributed by atoms with Crippen molar-refractivity contribution in [3.05, 3.63) is 153 Å². The van der Waals surface area contributed by atoms with E-state index in [4.69, 9.17) is 67.4 Å². The molecule has 6 rings (SSSR count). The molecular weight excluding hydrogens is 1160 g/mol. The molecule has 0 amide bonds. The number of carboxylic acid groups (broad SMARTS) is 1. The van der Waals surface area contributed by atoms with Gasteiger partial charge in [-0.15, -0.1) is 0 Å². The second-order valence-electron chi connectivity index (χ2n) is 19.3. The van der Waals surface area contributed by atoms with Crippen LogP contribution in [0.15, 0.2) is 103 Å². The van der Waals surface area contributed by atoms with Crippen LogP contribution in [0.2, 0.25) is 0 Å². The summed E-state index contributed by atoms with van der Waals surface area (Å²) >= 11 is 0. The number of aldehydes is 1. The number of esters is 2. The van der Waals surface area contributed by atoms with Gasteiger partial charge < -0.3 is 81.6 Å². The van der Waals surface area contributed by atoms with Crippen molar-refractivity contribution in [1.82, 2.24) is 0 Å². The molecule has 0 heterocycles. The largest absolute Gasteiger partial charge is 0.508 e. The number of hydrogen-bond donors (Lipinski definition) is 4. The van der Waals surface area contributed by atoms with Gasteiger partial charge in [0.25, 0.3) is 0 Å². The van der Waals surface area contributed by atoms with Crippen LogP contribution >= 0.6 is 7.60 Å². The number of aromatic carboxylic acids is 1. The number of aliphatic hydroxyl groups excluding tert-OH is 1. The molecule has 6 aromatic carbocycles. The highest BCUT2D eigenvalue weighted by Crippen LogP contribution is 2.51. The van der Waals surface area contributed by atoms with Gasteiger partial charge >= 0.3 is 25.5 Å². The molecule has 21 nitrogen and oxygen atoms in total. The summed E-state index contributed by atoms with van der Waals surface area (Å²) in [6, 6.07) is 28.5. The van der Waals surface area contributed by atoms with Gasteiger partial charge in [-0.1, -0.05) is 71.9 Å². The van der Waals surface area contributed by atoms with Crippen molar-refractivity contribution in [1.29, 1.82) is 0 Å². The van der Waals surface area contributed by atoms with Gasteiger partial charge in [-0.3, -0.25) is 4.57 Å². The van der Waals surface area contributed by atoms with Crippen molar-refractivity contribution in [2.24, 2.45) is 0 Å². The topological polar surface area (TPSA) is 277 Å². The summed E-state index contributed by atoms with van der Waals surface area (Å²) in [4.78, 5) is 43.5. The summed E-state index contributed by atoms with van der Waals surface area (Å²) in [5, 5.41) is 35.1. The Balaban J connectivity index is 0.000000530. The number of carboxylic acids is 1. The van der Waals surface area contributed by atoms with E-state index in [0.717, 1.165) is 80.9 Å². The second kappa shape index (κ2) is 40.8. The first-order chi connectivity index (χ1) is 41.8. The molecule has 0 bridgehead atoms. The zero-order valence-corrected chi connectivity index (χ0v) is 54.7. The van der Waals surface area contributed by atoms with Crippen LogP contribution in [-0.4, -0.2) is 129 Å². The Bertz CT molecular complexity index is 3010. The highest BCUT2D eigenvalue weighted by atomic mass is 31.2. The monoisotopic (exact) mass is 1250 g/mol. The normalized spacial score (nSPS) is 10.3. The Hall–Kier alpha value is -8.49. The van der Waals surface area contributed by atoms with Crippen LogP contribution < -0.4 is 37.9 Å². The Morgan fingerprint density at radius 1 is 0.466 bits per heavy atom. The van der Waals surface area contributed by atoms with E-state index in [-0.39, 0.29) is 29.6 Å². The molecule has 0 unspecified atom stereocenters. The maximum atomic E-state index is 12.1. The van der Waals surface area contributed by atoms with E-state index in [0.29, 0.717) is 71.8 Å². The Morgan fingerprint density at radius 2 is 0.818 bits per heavy atom. The number of methoxy groups -OCH3 is 10. The van der Waals surface area contributed by atoms with Crippen molar-refractivity contribution in [3.63, 3.8) is 0 Å². The molecule has 0 aliphatic heterocycles. The smallest absolute Gasteiger partial charge is 0.338 e. The van der Waals surface area contributed by atoms with Gasteiger partial charge in [-0.05, 0) is 109 Å². The lowest BCUT2D eigenvalue weighted by Crippen LogP contribution is -2.05. The standard InChI is InChI=1S/C13H18O4.C13H18O3.C12H18O3.C11H17O3P.C10H12O4.C7H6O4/c1-8(2)12-10(15-3)6-9(13(14)17-5)7-11(12)16-4;1-9(2)13-11(15-3)7-10(5-6-14)8-12(13)16-4;1-8(2)12-10(14-3)5-9(7-13)6-11(12)15-4;1-3-13-15(12,14-4-2)10-11-8-6-5-7-9-11;1-12-8-4-7(10(11)14-3)5-9(6-8)13-2;8-5-1-4(7(10)11)2-6(9)3-5/h6-8H,1-5H3;6-9H,5H2,1-4H3;5-6,8,13H,7H2,1-4H3;5-9H,3-4,10H2,1-2H3;4-6H,1-3H3;1-3,8-9H,(H,10,11). The summed E-state index contributed by atoms with van der Waals surface area (Å²) in [5.41, 5.74) is 6.40. The van der Waals surface area contributed by atoms with Gasteiger partial charge in [0, 0.05) is 35.2 Å². The fourth-order valence-electron chi connectivity index (χ4n) is 8.26. The zero-order valence-electron chi connectivity index (χ0n) is 53.8. The minimum absolute atomic E-state index is 0.00883. The molecular formula is C66H89O21P. The van der Waals surface area contributed by atoms with E-state index in [1.54, 1.807) is 73.0 Å². The van der Waals surface area contributed by atoms with Crippen LogP contribution in [0.25, 0.3) is 0 Å².